The number of rotatable bonds is 2. The molecule has 1 aromatic rings. The maximum absolute atomic E-state index is 13.8. The van der Waals surface area contributed by atoms with Crippen LogP contribution in [-0.2, 0) is 16.1 Å². The topological polar surface area (TPSA) is 49.4 Å². The molecule has 0 radical (unpaired) electrons. The van der Waals surface area contributed by atoms with Gasteiger partial charge in [-0.25, -0.2) is 4.39 Å². The molecule has 1 atom stereocenters. The fourth-order valence-electron chi connectivity index (χ4n) is 2.18. The van der Waals surface area contributed by atoms with Crippen LogP contribution in [0.15, 0.2) is 22.7 Å². The molecule has 20 heavy (non-hydrogen) atoms. The number of nitrogens with one attached hydrogen (secondary N) is 1. The van der Waals surface area contributed by atoms with Crippen molar-refractivity contribution in [3.63, 3.8) is 0 Å². The Labute approximate surface area is 125 Å². The minimum absolute atomic E-state index is 0.0644. The molecule has 1 N–H and O–H groups in total. The molecule has 1 fully saturated rings. The Balaban J connectivity index is 2.36. The lowest BCUT2D eigenvalue weighted by Crippen LogP contribution is -2.67. The summed E-state index contributed by atoms with van der Waals surface area (Å²) in [7, 11) is 0. The number of amides is 2. The lowest BCUT2D eigenvalue weighted by Gasteiger charge is -2.43. The van der Waals surface area contributed by atoms with Gasteiger partial charge in [-0.3, -0.25) is 9.59 Å². The Hall–Kier alpha value is -1.43. The third kappa shape index (κ3) is 2.57. The molecule has 1 aliphatic rings. The molecule has 1 saturated heterocycles. The summed E-state index contributed by atoms with van der Waals surface area (Å²) in [5.74, 6) is -0.843. The summed E-state index contributed by atoms with van der Waals surface area (Å²) in [5, 5.41) is 2.63. The highest BCUT2D eigenvalue weighted by Crippen LogP contribution is 2.25. The zero-order valence-corrected chi connectivity index (χ0v) is 13.1. The summed E-state index contributed by atoms with van der Waals surface area (Å²) in [5.41, 5.74) is -0.624. The molecule has 1 unspecified atom stereocenters. The van der Waals surface area contributed by atoms with E-state index in [0.717, 1.165) is 4.47 Å². The molecule has 2 amide bonds. The van der Waals surface area contributed by atoms with Gasteiger partial charge in [0.15, 0.2) is 0 Å². The van der Waals surface area contributed by atoms with E-state index in [1.807, 2.05) is 0 Å². The molecular formula is C14H16BrFN2O2. The zero-order valence-electron chi connectivity index (χ0n) is 11.5. The van der Waals surface area contributed by atoms with Crippen LogP contribution in [0, 0.1) is 5.82 Å². The zero-order chi connectivity index (χ0) is 15.1. The van der Waals surface area contributed by atoms with E-state index in [0.29, 0.717) is 5.56 Å². The molecule has 0 spiro atoms. The van der Waals surface area contributed by atoms with Crippen molar-refractivity contribution in [2.75, 3.05) is 0 Å². The summed E-state index contributed by atoms with van der Waals surface area (Å²) in [4.78, 5) is 25.7. The van der Waals surface area contributed by atoms with Gasteiger partial charge in [-0.1, -0.05) is 15.9 Å². The van der Waals surface area contributed by atoms with E-state index in [4.69, 9.17) is 0 Å². The summed E-state index contributed by atoms with van der Waals surface area (Å²) in [6, 6.07) is 3.96. The minimum atomic E-state index is -1.00. The van der Waals surface area contributed by atoms with Gasteiger partial charge in [-0.05, 0) is 39.0 Å². The maximum atomic E-state index is 13.8. The molecule has 6 heteroatoms. The van der Waals surface area contributed by atoms with Crippen molar-refractivity contribution < 1.29 is 14.0 Å². The lowest BCUT2D eigenvalue weighted by molar-refractivity contribution is -0.155. The summed E-state index contributed by atoms with van der Waals surface area (Å²) < 4.78 is 14.6. The second-order valence-corrected chi connectivity index (χ2v) is 6.33. The van der Waals surface area contributed by atoms with Crippen LogP contribution in [0.5, 0.6) is 0 Å². The van der Waals surface area contributed by atoms with E-state index >= 15 is 0 Å². The number of nitrogens with zero attached hydrogens (tertiary/aromatic N) is 1. The fraction of sp³-hybridized carbons (Fsp3) is 0.429. The molecule has 4 nitrogen and oxygen atoms in total. The second-order valence-electron chi connectivity index (χ2n) is 5.41. The number of hydrogen-bond acceptors (Lipinski definition) is 2. The summed E-state index contributed by atoms with van der Waals surface area (Å²) >= 11 is 3.28. The Bertz CT molecular complexity index is 574. The highest BCUT2D eigenvalue weighted by atomic mass is 79.9. The normalized spacial score (nSPS) is 21.9. The molecule has 0 saturated carbocycles. The Kier molecular flexibility index (Phi) is 3.86. The van der Waals surface area contributed by atoms with Gasteiger partial charge in [0.25, 0.3) is 0 Å². The van der Waals surface area contributed by atoms with Crippen molar-refractivity contribution in [3.05, 3.63) is 34.1 Å². The third-order valence-corrected chi connectivity index (χ3v) is 4.04. The first kappa shape index (κ1) is 15.0. The molecule has 0 bridgehead atoms. The fourth-order valence-corrected chi connectivity index (χ4v) is 2.59. The van der Waals surface area contributed by atoms with Gasteiger partial charge in [-0.15, -0.1) is 0 Å². The highest BCUT2D eigenvalue weighted by Gasteiger charge is 2.44. The van der Waals surface area contributed by atoms with Crippen LogP contribution in [-0.4, -0.2) is 28.3 Å². The molecule has 0 aromatic heterocycles. The number of carbonyl (C=O) groups is 2. The Morgan fingerprint density at radius 3 is 2.70 bits per heavy atom. The number of halogens is 2. The van der Waals surface area contributed by atoms with Crippen LogP contribution < -0.4 is 5.32 Å². The highest BCUT2D eigenvalue weighted by molar-refractivity contribution is 9.10. The SMILES string of the molecule is CC1NC(=O)C(C)(C)N(Cc2cc(Br)ccc2F)C1=O. The van der Waals surface area contributed by atoms with Crippen molar-refractivity contribution in [1.29, 1.82) is 0 Å². The van der Waals surface area contributed by atoms with Crippen LogP contribution in [0.1, 0.15) is 26.3 Å². The van der Waals surface area contributed by atoms with Crippen LogP contribution in [0.2, 0.25) is 0 Å². The molecule has 1 heterocycles. The van der Waals surface area contributed by atoms with E-state index in [1.165, 1.54) is 11.0 Å². The second kappa shape index (κ2) is 5.16. The van der Waals surface area contributed by atoms with E-state index in [1.54, 1.807) is 32.9 Å². The van der Waals surface area contributed by atoms with Crippen LogP contribution in [0.3, 0.4) is 0 Å². The van der Waals surface area contributed by atoms with Gasteiger partial charge in [0.1, 0.15) is 17.4 Å². The van der Waals surface area contributed by atoms with Crippen molar-refractivity contribution in [2.45, 2.75) is 38.9 Å². The van der Waals surface area contributed by atoms with Gasteiger partial charge in [-0.2, -0.15) is 0 Å². The maximum Gasteiger partial charge on any atom is 0.246 e. The minimum Gasteiger partial charge on any atom is -0.343 e. The number of benzene rings is 1. The molecule has 0 aliphatic carbocycles. The molecule has 1 aromatic carbocycles. The first-order valence-corrected chi connectivity index (χ1v) is 7.09. The van der Waals surface area contributed by atoms with Crippen LogP contribution in [0.25, 0.3) is 0 Å². The van der Waals surface area contributed by atoms with Crippen LogP contribution >= 0.6 is 15.9 Å². The number of carbonyl (C=O) groups excluding carboxylic acids is 2. The summed E-state index contributed by atoms with van der Waals surface area (Å²) in [6.07, 6.45) is 0. The van der Waals surface area contributed by atoms with Gasteiger partial charge in [0.2, 0.25) is 11.8 Å². The largest absolute Gasteiger partial charge is 0.343 e. The third-order valence-electron chi connectivity index (χ3n) is 3.55. The van der Waals surface area contributed by atoms with Gasteiger partial charge >= 0.3 is 0 Å². The quantitative estimate of drug-likeness (QED) is 0.895. The predicted molar refractivity (Wildman–Crippen MR) is 76.3 cm³/mol. The van der Waals surface area contributed by atoms with E-state index in [9.17, 15) is 14.0 Å². The average Bonchev–Trinajstić information content (AvgIpc) is 2.37. The van der Waals surface area contributed by atoms with Gasteiger partial charge in [0, 0.05) is 16.6 Å². The molecular weight excluding hydrogens is 327 g/mol. The lowest BCUT2D eigenvalue weighted by atomic mass is 9.95. The smallest absolute Gasteiger partial charge is 0.246 e. The Morgan fingerprint density at radius 2 is 2.05 bits per heavy atom. The van der Waals surface area contributed by atoms with E-state index in [2.05, 4.69) is 21.2 Å². The molecule has 2 rings (SSSR count). The first-order chi connectivity index (χ1) is 9.23. The summed E-state index contributed by atoms with van der Waals surface area (Å²) in [6.45, 7) is 5.00. The van der Waals surface area contributed by atoms with Crippen molar-refractivity contribution in [3.8, 4) is 0 Å². The monoisotopic (exact) mass is 342 g/mol. The first-order valence-electron chi connectivity index (χ1n) is 6.30. The standard InChI is InChI=1S/C14H16BrFN2O2/c1-8-12(19)18(14(2,3)13(20)17-8)7-9-6-10(15)4-5-11(9)16/h4-6,8H,7H2,1-3H3,(H,17,20). The van der Waals surface area contributed by atoms with Crippen molar-refractivity contribution in [2.24, 2.45) is 0 Å². The Morgan fingerprint density at radius 1 is 1.40 bits per heavy atom. The number of piperazine rings is 1. The van der Waals surface area contributed by atoms with E-state index < -0.39 is 17.4 Å². The molecule has 1 aliphatic heterocycles. The van der Waals surface area contributed by atoms with E-state index in [-0.39, 0.29) is 18.4 Å². The predicted octanol–water partition coefficient (Wildman–Crippen LogP) is 2.21. The van der Waals surface area contributed by atoms with Crippen molar-refractivity contribution >= 4 is 27.7 Å². The number of hydrogen-bond donors (Lipinski definition) is 1. The van der Waals surface area contributed by atoms with Gasteiger partial charge < -0.3 is 10.2 Å². The molecule has 108 valence electrons. The average molecular weight is 343 g/mol. The van der Waals surface area contributed by atoms with Crippen molar-refractivity contribution in [1.82, 2.24) is 10.2 Å². The van der Waals surface area contributed by atoms with Gasteiger partial charge in [0.05, 0.1) is 0 Å². The van der Waals surface area contributed by atoms with Crippen LogP contribution in [0.4, 0.5) is 4.39 Å².